The highest BCUT2D eigenvalue weighted by Gasteiger charge is 2.17. The summed E-state index contributed by atoms with van der Waals surface area (Å²) in [5.41, 5.74) is 0.562. The first-order chi connectivity index (χ1) is 13.8. The molecule has 0 unspecified atom stereocenters. The largest absolute Gasteiger partial charge is 0.452 e. The van der Waals surface area contributed by atoms with Gasteiger partial charge in [-0.15, -0.1) is 0 Å². The van der Waals surface area contributed by atoms with Gasteiger partial charge in [0.25, 0.3) is 5.91 Å². The Labute approximate surface area is 168 Å². The summed E-state index contributed by atoms with van der Waals surface area (Å²) in [6, 6.07) is 7.99. The smallest absolute Gasteiger partial charge is 0.338 e. The SMILES string of the molecule is CC(=O)Nc1cc(NC(C)=O)cc(C(=O)OCC(=O)N(CCC#N)CCC#N)c1. The molecule has 0 aliphatic rings. The number of esters is 1. The van der Waals surface area contributed by atoms with Crippen LogP contribution in [0.25, 0.3) is 0 Å². The predicted molar refractivity (Wildman–Crippen MR) is 102 cm³/mol. The first-order valence-corrected chi connectivity index (χ1v) is 8.66. The summed E-state index contributed by atoms with van der Waals surface area (Å²) in [4.78, 5) is 48.4. The summed E-state index contributed by atoms with van der Waals surface area (Å²) in [5.74, 6) is -2.11. The predicted octanol–water partition coefficient (Wildman–Crippen LogP) is 1.42. The first kappa shape index (κ1) is 23.1. The van der Waals surface area contributed by atoms with Crippen LogP contribution in [0.5, 0.6) is 0 Å². The van der Waals surface area contributed by atoms with Gasteiger partial charge in [0.05, 0.1) is 30.5 Å². The second-order valence-electron chi connectivity index (χ2n) is 5.93. The van der Waals surface area contributed by atoms with Gasteiger partial charge < -0.3 is 20.3 Å². The minimum absolute atomic E-state index is 0.0217. The van der Waals surface area contributed by atoms with Gasteiger partial charge in [-0.1, -0.05) is 0 Å². The zero-order chi connectivity index (χ0) is 21.8. The number of nitrogens with one attached hydrogen (secondary N) is 2. The maximum absolute atomic E-state index is 12.4. The fourth-order valence-electron chi connectivity index (χ4n) is 2.33. The molecule has 10 nitrogen and oxygen atoms in total. The molecule has 10 heteroatoms. The average Bonchev–Trinajstić information content (AvgIpc) is 2.64. The number of nitriles is 2. The second-order valence-corrected chi connectivity index (χ2v) is 5.93. The van der Waals surface area contributed by atoms with Crippen molar-refractivity contribution < 1.29 is 23.9 Å². The lowest BCUT2D eigenvalue weighted by Gasteiger charge is -2.20. The molecule has 0 heterocycles. The second kappa shape index (κ2) is 11.7. The number of carbonyl (C=O) groups excluding carboxylic acids is 4. The van der Waals surface area contributed by atoms with E-state index in [1.165, 1.54) is 36.9 Å². The number of benzene rings is 1. The molecule has 1 aromatic rings. The normalized spacial score (nSPS) is 9.52. The van der Waals surface area contributed by atoms with E-state index < -0.39 is 18.5 Å². The van der Waals surface area contributed by atoms with Gasteiger partial charge in [-0.3, -0.25) is 14.4 Å². The summed E-state index contributed by atoms with van der Waals surface area (Å²) >= 11 is 0. The van der Waals surface area contributed by atoms with Crippen LogP contribution in [0.3, 0.4) is 0 Å². The van der Waals surface area contributed by atoms with E-state index in [1.54, 1.807) is 0 Å². The van der Waals surface area contributed by atoms with Crippen LogP contribution < -0.4 is 10.6 Å². The van der Waals surface area contributed by atoms with Crippen LogP contribution in [0.4, 0.5) is 11.4 Å². The number of anilines is 2. The van der Waals surface area contributed by atoms with Crippen molar-refractivity contribution >= 4 is 35.1 Å². The van der Waals surface area contributed by atoms with Crippen LogP contribution >= 0.6 is 0 Å². The molecule has 0 atom stereocenters. The number of carbonyl (C=O) groups is 4. The molecule has 0 aromatic heterocycles. The third kappa shape index (κ3) is 8.54. The molecule has 0 aliphatic carbocycles. The van der Waals surface area contributed by atoms with Gasteiger partial charge in [0.15, 0.2) is 6.61 Å². The van der Waals surface area contributed by atoms with Crippen molar-refractivity contribution in [1.29, 1.82) is 10.5 Å². The van der Waals surface area contributed by atoms with Crippen LogP contribution in [0.15, 0.2) is 18.2 Å². The molecule has 0 radical (unpaired) electrons. The molecular formula is C19H21N5O5. The molecular weight excluding hydrogens is 378 g/mol. The molecule has 2 N–H and O–H groups in total. The van der Waals surface area contributed by atoms with Crippen molar-refractivity contribution in [3.05, 3.63) is 23.8 Å². The molecule has 0 bridgehead atoms. The van der Waals surface area contributed by atoms with Crippen molar-refractivity contribution in [2.75, 3.05) is 30.3 Å². The molecule has 0 saturated carbocycles. The summed E-state index contributed by atoms with van der Waals surface area (Å²) in [7, 11) is 0. The maximum Gasteiger partial charge on any atom is 0.338 e. The Balaban J connectivity index is 2.89. The number of ether oxygens (including phenoxy) is 1. The van der Waals surface area contributed by atoms with Crippen LogP contribution in [0.1, 0.15) is 37.0 Å². The first-order valence-electron chi connectivity index (χ1n) is 8.66. The van der Waals surface area contributed by atoms with Gasteiger partial charge in [0, 0.05) is 38.3 Å². The van der Waals surface area contributed by atoms with Crippen LogP contribution in [-0.2, 0) is 19.1 Å². The Morgan fingerprint density at radius 1 is 0.931 bits per heavy atom. The topological polar surface area (TPSA) is 152 Å². The minimum atomic E-state index is -0.835. The Kier molecular flexibility index (Phi) is 9.35. The van der Waals surface area contributed by atoms with E-state index in [2.05, 4.69) is 10.6 Å². The molecule has 3 amide bonds. The average molecular weight is 399 g/mol. The third-order valence-electron chi connectivity index (χ3n) is 3.48. The zero-order valence-corrected chi connectivity index (χ0v) is 16.2. The van der Waals surface area contributed by atoms with Crippen molar-refractivity contribution in [2.45, 2.75) is 26.7 Å². The van der Waals surface area contributed by atoms with Gasteiger partial charge in [-0.25, -0.2) is 4.79 Å². The van der Waals surface area contributed by atoms with Crippen molar-refractivity contribution in [3.63, 3.8) is 0 Å². The molecule has 1 rings (SSSR count). The zero-order valence-electron chi connectivity index (χ0n) is 16.2. The van der Waals surface area contributed by atoms with E-state index in [-0.39, 0.29) is 54.7 Å². The Morgan fingerprint density at radius 2 is 1.41 bits per heavy atom. The fraction of sp³-hybridized carbons (Fsp3) is 0.368. The number of rotatable bonds is 9. The van der Waals surface area contributed by atoms with Gasteiger partial charge in [0.2, 0.25) is 11.8 Å². The van der Waals surface area contributed by atoms with Crippen molar-refractivity contribution in [1.82, 2.24) is 4.90 Å². The fourth-order valence-corrected chi connectivity index (χ4v) is 2.33. The van der Waals surface area contributed by atoms with E-state index in [9.17, 15) is 19.2 Å². The van der Waals surface area contributed by atoms with Crippen LogP contribution in [0.2, 0.25) is 0 Å². The monoisotopic (exact) mass is 399 g/mol. The molecule has 0 fully saturated rings. The van der Waals surface area contributed by atoms with Crippen LogP contribution in [0, 0.1) is 22.7 Å². The molecule has 0 saturated heterocycles. The van der Waals surface area contributed by atoms with Gasteiger partial charge >= 0.3 is 5.97 Å². The maximum atomic E-state index is 12.4. The lowest BCUT2D eigenvalue weighted by Crippen LogP contribution is -2.36. The summed E-state index contributed by atoms with van der Waals surface area (Å²) < 4.78 is 5.03. The minimum Gasteiger partial charge on any atom is -0.452 e. The Morgan fingerprint density at radius 3 is 1.83 bits per heavy atom. The van der Waals surface area contributed by atoms with Gasteiger partial charge in [0.1, 0.15) is 0 Å². The molecule has 0 aliphatic heterocycles. The molecule has 152 valence electrons. The van der Waals surface area contributed by atoms with E-state index in [1.807, 2.05) is 12.1 Å². The summed E-state index contributed by atoms with van der Waals surface area (Å²) in [5, 5.41) is 22.4. The highest BCUT2D eigenvalue weighted by atomic mass is 16.5. The quantitative estimate of drug-likeness (QED) is 0.595. The molecule has 1 aromatic carbocycles. The number of hydrogen-bond donors (Lipinski definition) is 2. The lowest BCUT2D eigenvalue weighted by atomic mass is 10.1. The summed E-state index contributed by atoms with van der Waals surface area (Å²) in [6.45, 7) is 2.26. The van der Waals surface area contributed by atoms with E-state index in [0.717, 1.165) is 0 Å². The standard InChI is InChI=1S/C19H21N5O5/c1-13(25)22-16-9-15(10-17(11-16)23-14(2)26)19(28)29-12-18(27)24(7-3-5-20)8-4-6-21/h9-11H,3-4,7-8,12H2,1-2H3,(H,22,25)(H,23,26). The third-order valence-corrected chi connectivity index (χ3v) is 3.48. The van der Waals surface area contributed by atoms with Crippen molar-refractivity contribution in [2.24, 2.45) is 0 Å². The lowest BCUT2D eigenvalue weighted by molar-refractivity contribution is -0.134. The highest BCUT2D eigenvalue weighted by Crippen LogP contribution is 2.20. The van der Waals surface area contributed by atoms with Crippen molar-refractivity contribution in [3.8, 4) is 12.1 Å². The van der Waals surface area contributed by atoms with Gasteiger partial charge in [-0.05, 0) is 18.2 Å². The molecule has 29 heavy (non-hydrogen) atoms. The van der Waals surface area contributed by atoms with E-state index in [0.29, 0.717) is 0 Å². The van der Waals surface area contributed by atoms with Gasteiger partial charge in [-0.2, -0.15) is 10.5 Å². The number of nitrogens with zero attached hydrogens (tertiary/aromatic N) is 3. The summed E-state index contributed by atoms with van der Waals surface area (Å²) in [6.07, 6.45) is 0.175. The molecule has 0 spiro atoms. The van der Waals surface area contributed by atoms with E-state index >= 15 is 0 Å². The highest BCUT2D eigenvalue weighted by molar-refractivity contribution is 5.98. The number of amides is 3. The van der Waals surface area contributed by atoms with E-state index in [4.69, 9.17) is 15.3 Å². The number of hydrogen-bond acceptors (Lipinski definition) is 7. The van der Waals surface area contributed by atoms with Crippen LogP contribution in [-0.4, -0.2) is 48.3 Å². The Hall–Kier alpha value is -3.92. The Bertz CT molecular complexity index is 816.